The van der Waals surface area contributed by atoms with Crippen LogP contribution in [0.5, 0.6) is 0 Å². The van der Waals surface area contributed by atoms with Crippen molar-refractivity contribution in [3.63, 3.8) is 0 Å². The normalized spacial score (nSPS) is 12.1. The first kappa shape index (κ1) is 21.9. The highest BCUT2D eigenvalue weighted by Gasteiger charge is 2.28. The van der Waals surface area contributed by atoms with E-state index in [1.54, 1.807) is 33.2 Å². The number of aromatic nitrogens is 3. The van der Waals surface area contributed by atoms with Gasteiger partial charge in [0.15, 0.2) is 0 Å². The van der Waals surface area contributed by atoms with E-state index >= 15 is 0 Å². The van der Waals surface area contributed by atoms with Crippen LogP contribution in [-0.4, -0.2) is 27.9 Å². The van der Waals surface area contributed by atoms with Gasteiger partial charge < -0.3 is 0 Å². The molecule has 6 nitrogen and oxygen atoms in total. The van der Waals surface area contributed by atoms with Gasteiger partial charge in [-0.15, -0.1) is 0 Å². The van der Waals surface area contributed by atoms with Crippen molar-refractivity contribution in [3.05, 3.63) is 90.9 Å². The van der Waals surface area contributed by atoms with Crippen LogP contribution in [0.15, 0.2) is 85.3 Å². The maximum absolute atomic E-state index is 12.3. The van der Waals surface area contributed by atoms with Crippen LogP contribution in [0.1, 0.15) is 26.3 Å². The van der Waals surface area contributed by atoms with Crippen molar-refractivity contribution in [3.8, 4) is 28.1 Å². The standard InChI is InChI=1S/C25H26N4O2S/c1-25(2,3)32(30,31)27-17-19-9-11-20(12-10-19)23-18-29(22-7-5-4-6-8-22)28-24(23)21-13-15-26-16-14-21/h4-16,18,27H,17H2,1-3H3. The summed E-state index contributed by atoms with van der Waals surface area (Å²) in [5, 5.41) is 4.84. The first-order valence-electron chi connectivity index (χ1n) is 10.4. The monoisotopic (exact) mass is 446 g/mol. The smallest absolute Gasteiger partial charge is 0.216 e. The van der Waals surface area contributed by atoms with Crippen LogP contribution in [0.2, 0.25) is 0 Å². The van der Waals surface area contributed by atoms with Crippen LogP contribution in [0.4, 0.5) is 0 Å². The fourth-order valence-electron chi connectivity index (χ4n) is 3.22. The summed E-state index contributed by atoms with van der Waals surface area (Å²) in [6, 6.07) is 21.7. The summed E-state index contributed by atoms with van der Waals surface area (Å²) >= 11 is 0. The Bertz CT molecular complexity index is 1290. The highest BCUT2D eigenvalue weighted by Crippen LogP contribution is 2.32. The first-order valence-corrected chi connectivity index (χ1v) is 11.9. The quantitative estimate of drug-likeness (QED) is 0.461. The van der Waals surface area contributed by atoms with Crippen molar-refractivity contribution < 1.29 is 8.42 Å². The molecule has 0 amide bonds. The number of benzene rings is 2. The SMILES string of the molecule is CC(C)(C)S(=O)(=O)NCc1ccc(-c2cn(-c3ccccc3)nc2-c2ccncc2)cc1. The van der Waals surface area contributed by atoms with Gasteiger partial charge in [0, 0.05) is 36.3 Å². The van der Waals surface area contributed by atoms with E-state index in [9.17, 15) is 8.42 Å². The van der Waals surface area contributed by atoms with E-state index < -0.39 is 14.8 Å². The lowest BCUT2D eigenvalue weighted by molar-refractivity contribution is 0.544. The molecule has 0 spiro atoms. The Kier molecular flexibility index (Phi) is 5.95. The molecule has 2 aromatic heterocycles. The Morgan fingerprint density at radius 1 is 0.875 bits per heavy atom. The second-order valence-corrected chi connectivity index (χ2v) is 11.1. The number of nitrogens with one attached hydrogen (secondary N) is 1. The fourth-order valence-corrected chi connectivity index (χ4v) is 4.01. The van der Waals surface area contributed by atoms with Crippen molar-refractivity contribution in [1.29, 1.82) is 0 Å². The number of hydrogen-bond acceptors (Lipinski definition) is 4. The maximum atomic E-state index is 12.3. The van der Waals surface area contributed by atoms with Crippen molar-refractivity contribution in [2.45, 2.75) is 32.1 Å². The van der Waals surface area contributed by atoms with Gasteiger partial charge in [-0.2, -0.15) is 5.10 Å². The Labute approximate surface area is 189 Å². The molecule has 0 unspecified atom stereocenters. The minimum absolute atomic E-state index is 0.250. The lowest BCUT2D eigenvalue weighted by Crippen LogP contribution is -2.38. The molecule has 32 heavy (non-hydrogen) atoms. The number of hydrogen-bond donors (Lipinski definition) is 1. The molecule has 2 heterocycles. The van der Waals surface area contributed by atoms with Gasteiger partial charge in [0.1, 0.15) is 5.69 Å². The molecule has 4 aromatic rings. The molecule has 0 aliphatic carbocycles. The zero-order valence-electron chi connectivity index (χ0n) is 18.4. The second-order valence-electron chi connectivity index (χ2n) is 8.54. The van der Waals surface area contributed by atoms with E-state index in [2.05, 4.69) is 9.71 Å². The molecule has 4 rings (SSSR count). The second kappa shape index (κ2) is 8.68. The molecule has 1 N–H and O–H groups in total. The zero-order chi connectivity index (χ0) is 22.8. The summed E-state index contributed by atoms with van der Waals surface area (Å²) in [4.78, 5) is 4.12. The third-order valence-electron chi connectivity index (χ3n) is 5.23. The van der Waals surface area contributed by atoms with E-state index in [-0.39, 0.29) is 6.54 Å². The van der Waals surface area contributed by atoms with E-state index in [0.717, 1.165) is 33.6 Å². The summed E-state index contributed by atoms with van der Waals surface area (Å²) in [7, 11) is -3.40. The molecular formula is C25H26N4O2S. The predicted octanol–water partition coefficient (Wildman–Crippen LogP) is 4.82. The number of sulfonamides is 1. The molecule has 0 radical (unpaired) electrons. The van der Waals surface area contributed by atoms with Gasteiger partial charge in [0.05, 0.1) is 10.4 Å². The van der Waals surface area contributed by atoms with Gasteiger partial charge in [-0.3, -0.25) is 4.98 Å². The van der Waals surface area contributed by atoms with Gasteiger partial charge in [-0.25, -0.2) is 17.8 Å². The predicted molar refractivity (Wildman–Crippen MR) is 128 cm³/mol. The molecule has 7 heteroatoms. The molecule has 0 saturated heterocycles. The zero-order valence-corrected chi connectivity index (χ0v) is 19.2. The minimum atomic E-state index is -3.40. The summed E-state index contributed by atoms with van der Waals surface area (Å²) in [6.45, 7) is 5.30. The van der Waals surface area contributed by atoms with Crippen LogP contribution >= 0.6 is 0 Å². The van der Waals surface area contributed by atoms with Crippen LogP contribution in [0.25, 0.3) is 28.1 Å². The topological polar surface area (TPSA) is 76.9 Å². The highest BCUT2D eigenvalue weighted by atomic mass is 32.2. The van der Waals surface area contributed by atoms with Crippen molar-refractivity contribution in [2.75, 3.05) is 0 Å². The molecule has 0 atom stereocenters. The average molecular weight is 447 g/mol. The molecule has 0 bridgehead atoms. The van der Waals surface area contributed by atoms with E-state index in [1.165, 1.54) is 0 Å². The Morgan fingerprint density at radius 2 is 1.53 bits per heavy atom. The Morgan fingerprint density at radius 3 is 2.16 bits per heavy atom. The van der Waals surface area contributed by atoms with Crippen LogP contribution < -0.4 is 4.72 Å². The third-order valence-corrected chi connectivity index (χ3v) is 7.36. The van der Waals surface area contributed by atoms with Crippen molar-refractivity contribution in [1.82, 2.24) is 19.5 Å². The Balaban J connectivity index is 1.66. The van der Waals surface area contributed by atoms with Crippen molar-refractivity contribution >= 4 is 10.0 Å². The number of nitrogens with zero attached hydrogens (tertiary/aromatic N) is 3. The summed E-state index contributed by atoms with van der Waals surface area (Å²) in [5.41, 5.74) is 5.69. The lowest BCUT2D eigenvalue weighted by Gasteiger charge is -2.19. The fraction of sp³-hybridized carbons (Fsp3) is 0.200. The number of rotatable bonds is 6. The third kappa shape index (κ3) is 4.64. The maximum Gasteiger partial charge on any atom is 0.216 e. The van der Waals surface area contributed by atoms with Gasteiger partial charge in [-0.05, 0) is 56.2 Å². The minimum Gasteiger partial charge on any atom is -0.265 e. The first-order chi connectivity index (χ1) is 15.2. The summed E-state index contributed by atoms with van der Waals surface area (Å²) in [5.74, 6) is 0. The number of para-hydroxylation sites is 1. The van der Waals surface area contributed by atoms with Gasteiger partial charge in [0.2, 0.25) is 10.0 Å². The molecule has 164 valence electrons. The van der Waals surface area contributed by atoms with E-state index in [1.807, 2.05) is 77.6 Å². The molecule has 0 aliphatic rings. The van der Waals surface area contributed by atoms with Crippen LogP contribution in [0.3, 0.4) is 0 Å². The molecule has 0 aliphatic heterocycles. The highest BCUT2D eigenvalue weighted by molar-refractivity contribution is 7.90. The van der Waals surface area contributed by atoms with Crippen LogP contribution in [-0.2, 0) is 16.6 Å². The largest absolute Gasteiger partial charge is 0.265 e. The molecular weight excluding hydrogens is 420 g/mol. The van der Waals surface area contributed by atoms with Gasteiger partial charge in [-0.1, -0.05) is 42.5 Å². The van der Waals surface area contributed by atoms with Crippen LogP contribution in [0, 0.1) is 0 Å². The summed E-state index contributed by atoms with van der Waals surface area (Å²) < 4.78 is 28.4. The van der Waals surface area contributed by atoms with Gasteiger partial charge >= 0.3 is 0 Å². The molecule has 2 aromatic carbocycles. The van der Waals surface area contributed by atoms with Crippen molar-refractivity contribution in [2.24, 2.45) is 0 Å². The Hall–Kier alpha value is -3.29. The average Bonchev–Trinajstić information content (AvgIpc) is 3.24. The molecule has 0 saturated carbocycles. The lowest BCUT2D eigenvalue weighted by atomic mass is 10.0. The molecule has 0 fully saturated rings. The van der Waals surface area contributed by atoms with E-state index in [0.29, 0.717) is 0 Å². The van der Waals surface area contributed by atoms with E-state index in [4.69, 9.17) is 5.10 Å². The number of pyridine rings is 1. The summed E-state index contributed by atoms with van der Waals surface area (Å²) in [6.07, 6.45) is 5.53. The van der Waals surface area contributed by atoms with Gasteiger partial charge in [0.25, 0.3) is 0 Å².